The van der Waals surface area contributed by atoms with Crippen LogP contribution in [0.5, 0.6) is 0 Å². The Labute approximate surface area is 91.5 Å². The zero-order chi connectivity index (χ0) is 11.4. The first kappa shape index (κ1) is 13.1. The van der Waals surface area contributed by atoms with Crippen molar-refractivity contribution in [2.45, 2.75) is 12.8 Å². The smallest absolute Gasteiger partial charge is 0.324 e. The molecule has 0 aromatic carbocycles. The van der Waals surface area contributed by atoms with Gasteiger partial charge in [0.1, 0.15) is 13.2 Å². The third-order valence-corrected chi connectivity index (χ3v) is 4.37. The molecule has 0 aromatic heterocycles. The predicted molar refractivity (Wildman–Crippen MR) is 57.6 cm³/mol. The summed E-state index contributed by atoms with van der Waals surface area (Å²) in [5.74, 6) is 0. The van der Waals surface area contributed by atoms with Crippen molar-refractivity contribution in [3.05, 3.63) is 0 Å². The largest absolute Gasteiger partial charge is 0.474 e. The first-order valence-electron chi connectivity index (χ1n) is 5.23. The summed E-state index contributed by atoms with van der Waals surface area (Å²) in [6.45, 7) is 3.62. The van der Waals surface area contributed by atoms with Crippen LogP contribution in [0.25, 0.3) is 0 Å². The van der Waals surface area contributed by atoms with Crippen molar-refractivity contribution in [3.8, 4) is 0 Å². The molecule has 1 saturated heterocycles. The normalized spacial score (nSPS) is 20.7. The minimum Gasteiger partial charge on any atom is -0.324 e. The van der Waals surface area contributed by atoms with Crippen molar-refractivity contribution >= 4 is 7.82 Å². The molecule has 5 nitrogen and oxygen atoms in total. The molecule has 1 heterocycles. The van der Waals surface area contributed by atoms with Gasteiger partial charge in [-0.2, -0.15) is 0 Å². The second-order valence-electron chi connectivity index (χ2n) is 4.14. The van der Waals surface area contributed by atoms with Gasteiger partial charge < -0.3 is 4.48 Å². The summed E-state index contributed by atoms with van der Waals surface area (Å²) in [7, 11) is 1.58. The number of quaternary nitrogens is 1. The summed E-state index contributed by atoms with van der Waals surface area (Å²) in [6, 6.07) is 0. The van der Waals surface area contributed by atoms with E-state index in [0.717, 1.165) is 11.0 Å². The van der Waals surface area contributed by atoms with Gasteiger partial charge in [0.25, 0.3) is 0 Å². The molecule has 0 unspecified atom stereocenters. The monoisotopic (exact) mass is 238 g/mol. The number of phosphoric acid groups is 1. The van der Waals surface area contributed by atoms with Crippen LogP contribution >= 0.6 is 7.82 Å². The second kappa shape index (κ2) is 5.41. The highest BCUT2D eigenvalue weighted by Crippen LogP contribution is 2.47. The number of phosphoric ester groups is 1. The quantitative estimate of drug-likeness (QED) is 0.521. The summed E-state index contributed by atoms with van der Waals surface area (Å²) in [4.78, 5) is 0. The zero-order valence-corrected chi connectivity index (χ0v) is 10.7. The Balaban J connectivity index is 2.29. The van der Waals surface area contributed by atoms with E-state index in [1.807, 2.05) is 0 Å². The van der Waals surface area contributed by atoms with Gasteiger partial charge in [-0.25, -0.2) is 4.57 Å². The Kier molecular flexibility index (Phi) is 4.74. The van der Waals surface area contributed by atoms with Gasteiger partial charge in [-0.1, -0.05) is 0 Å². The van der Waals surface area contributed by atoms with Crippen LogP contribution in [0.3, 0.4) is 0 Å². The van der Waals surface area contributed by atoms with Crippen molar-refractivity contribution < 1.29 is 22.6 Å². The number of hydrogen-bond acceptors (Lipinski definition) is 4. The lowest BCUT2D eigenvalue weighted by Gasteiger charge is -2.29. The van der Waals surface area contributed by atoms with Crippen LogP contribution in [-0.2, 0) is 18.1 Å². The Bertz CT molecular complexity index is 232. The highest BCUT2D eigenvalue weighted by atomic mass is 31.2. The van der Waals surface area contributed by atoms with Gasteiger partial charge >= 0.3 is 7.82 Å². The van der Waals surface area contributed by atoms with Crippen LogP contribution in [0, 0.1) is 0 Å². The Hall–Kier alpha value is 0.0700. The first-order valence-corrected chi connectivity index (χ1v) is 6.69. The first-order chi connectivity index (χ1) is 7.04. The second-order valence-corrected chi connectivity index (χ2v) is 6.03. The predicted octanol–water partition coefficient (Wildman–Crippen LogP) is 1.64. The number of likely N-dealkylation sites (tertiary alicyclic amines) is 1. The van der Waals surface area contributed by atoms with Crippen molar-refractivity contribution in [2.24, 2.45) is 0 Å². The summed E-state index contributed by atoms with van der Waals surface area (Å²) >= 11 is 0. The molecule has 1 aliphatic heterocycles. The molecule has 1 fully saturated rings. The van der Waals surface area contributed by atoms with E-state index >= 15 is 0 Å². The highest BCUT2D eigenvalue weighted by Gasteiger charge is 2.29. The minimum atomic E-state index is -3.28. The van der Waals surface area contributed by atoms with Crippen molar-refractivity contribution in [1.82, 2.24) is 0 Å². The van der Waals surface area contributed by atoms with Gasteiger partial charge in [0.05, 0.1) is 20.1 Å². The molecule has 0 amide bonds. The molecular formula is C9H21NO4P+. The van der Waals surface area contributed by atoms with Gasteiger partial charge in [-0.05, 0) is 0 Å². The van der Waals surface area contributed by atoms with E-state index in [0.29, 0.717) is 6.61 Å². The molecule has 0 N–H and O–H groups in total. The zero-order valence-electron chi connectivity index (χ0n) is 9.77. The summed E-state index contributed by atoms with van der Waals surface area (Å²) in [5, 5.41) is 0. The van der Waals surface area contributed by atoms with E-state index in [1.165, 1.54) is 40.2 Å². The molecule has 0 saturated carbocycles. The fourth-order valence-electron chi connectivity index (χ4n) is 1.88. The molecule has 0 atom stereocenters. The number of nitrogens with zero attached hydrogens (tertiary/aromatic N) is 1. The van der Waals surface area contributed by atoms with E-state index in [-0.39, 0.29) is 0 Å². The lowest BCUT2D eigenvalue weighted by molar-refractivity contribution is -0.897. The maximum Gasteiger partial charge on any atom is 0.474 e. The lowest BCUT2D eigenvalue weighted by Crippen LogP contribution is -2.43. The summed E-state index contributed by atoms with van der Waals surface area (Å²) < 4.78 is 27.1. The molecule has 0 radical (unpaired) electrons. The average molecular weight is 238 g/mol. The molecule has 0 bridgehead atoms. The van der Waals surface area contributed by atoms with E-state index in [9.17, 15) is 4.57 Å². The fraction of sp³-hybridized carbons (Fsp3) is 1.00. The van der Waals surface area contributed by atoms with E-state index in [1.54, 1.807) is 0 Å². The van der Waals surface area contributed by atoms with E-state index in [2.05, 4.69) is 16.1 Å². The van der Waals surface area contributed by atoms with Crippen LogP contribution < -0.4 is 0 Å². The maximum atomic E-state index is 11.6. The molecular weight excluding hydrogens is 217 g/mol. The van der Waals surface area contributed by atoms with Crippen LogP contribution in [0.2, 0.25) is 0 Å². The molecule has 1 aliphatic rings. The highest BCUT2D eigenvalue weighted by molar-refractivity contribution is 7.48. The summed E-state index contributed by atoms with van der Waals surface area (Å²) in [6.07, 6.45) is 2.53. The average Bonchev–Trinajstić information content (AvgIpc) is 2.65. The number of rotatable bonds is 6. The molecule has 90 valence electrons. The Morgan fingerprint density at radius 3 is 2.20 bits per heavy atom. The van der Waals surface area contributed by atoms with Crippen molar-refractivity contribution in [1.29, 1.82) is 0 Å². The van der Waals surface area contributed by atoms with Crippen LogP contribution in [-0.4, -0.2) is 52.0 Å². The molecule has 15 heavy (non-hydrogen) atoms. The SMILES string of the molecule is COP(=O)(OC)OCC[N+]1(C)CCCC1. The molecule has 0 spiro atoms. The number of likely N-dealkylation sites (N-methyl/N-ethyl adjacent to an activating group) is 1. The molecule has 0 aliphatic carbocycles. The van der Waals surface area contributed by atoms with Gasteiger partial charge in [0.2, 0.25) is 0 Å². The third kappa shape index (κ3) is 3.85. The standard InChI is InChI=1S/C9H21NO4P/c1-10(6-4-5-7-10)8-9-14-15(11,12-2)13-3/h4-9H2,1-3H3/q+1. The van der Waals surface area contributed by atoms with Crippen LogP contribution in [0.4, 0.5) is 0 Å². The Morgan fingerprint density at radius 1 is 1.20 bits per heavy atom. The molecule has 0 aromatic rings. The minimum absolute atomic E-state index is 0.412. The Morgan fingerprint density at radius 2 is 1.73 bits per heavy atom. The maximum absolute atomic E-state index is 11.6. The van der Waals surface area contributed by atoms with E-state index < -0.39 is 7.82 Å². The van der Waals surface area contributed by atoms with Gasteiger partial charge in [-0.3, -0.25) is 13.6 Å². The van der Waals surface area contributed by atoms with Gasteiger partial charge in [0, 0.05) is 27.1 Å². The molecule has 1 rings (SSSR count). The topological polar surface area (TPSA) is 44.8 Å². The van der Waals surface area contributed by atoms with E-state index in [4.69, 9.17) is 4.52 Å². The van der Waals surface area contributed by atoms with Crippen molar-refractivity contribution in [3.63, 3.8) is 0 Å². The van der Waals surface area contributed by atoms with Gasteiger partial charge in [0.15, 0.2) is 0 Å². The number of hydrogen-bond donors (Lipinski definition) is 0. The van der Waals surface area contributed by atoms with Crippen LogP contribution in [0.1, 0.15) is 12.8 Å². The van der Waals surface area contributed by atoms with Crippen molar-refractivity contribution in [2.75, 3.05) is 47.5 Å². The van der Waals surface area contributed by atoms with Crippen LogP contribution in [0.15, 0.2) is 0 Å². The molecule has 6 heteroatoms. The summed E-state index contributed by atoms with van der Waals surface area (Å²) in [5.41, 5.74) is 0. The lowest BCUT2D eigenvalue weighted by atomic mass is 10.4. The third-order valence-electron chi connectivity index (χ3n) is 2.97. The van der Waals surface area contributed by atoms with Gasteiger partial charge in [-0.15, -0.1) is 0 Å². The fourth-order valence-corrected chi connectivity index (χ4v) is 2.54.